The summed E-state index contributed by atoms with van der Waals surface area (Å²) < 4.78 is 5.32. The molecule has 0 aliphatic carbocycles. The van der Waals surface area contributed by atoms with Gasteiger partial charge in [0.1, 0.15) is 5.82 Å². The number of hydrogen-bond donors (Lipinski definition) is 1. The number of aromatic nitrogens is 2. The molecule has 0 amide bonds. The standard InChI is InChI=1S/C13H22N4O/c1-12-15-5-3-13(16-12)11-14-4-2-6-17-7-9-18-10-8-17/h3,5,14H,2,4,6-11H2,1H3. The van der Waals surface area contributed by atoms with E-state index in [1.165, 1.54) is 6.42 Å². The van der Waals surface area contributed by atoms with E-state index in [9.17, 15) is 0 Å². The van der Waals surface area contributed by atoms with Crippen LogP contribution in [0.25, 0.3) is 0 Å². The zero-order valence-corrected chi connectivity index (χ0v) is 11.1. The van der Waals surface area contributed by atoms with E-state index >= 15 is 0 Å². The minimum absolute atomic E-state index is 0.826. The predicted octanol–water partition coefficient (Wildman–Crippen LogP) is 0.597. The Morgan fingerprint density at radius 3 is 3.00 bits per heavy atom. The van der Waals surface area contributed by atoms with Gasteiger partial charge >= 0.3 is 0 Å². The van der Waals surface area contributed by atoms with Gasteiger partial charge in [0.15, 0.2) is 0 Å². The van der Waals surface area contributed by atoms with Gasteiger partial charge in [0.2, 0.25) is 0 Å². The Morgan fingerprint density at radius 2 is 2.22 bits per heavy atom. The number of nitrogens with one attached hydrogen (secondary N) is 1. The molecule has 5 nitrogen and oxygen atoms in total. The highest BCUT2D eigenvalue weighted by atomic mass is 16.5. The zero-order chi connectivity index (χ0) is 12.6. The molecule has 1 saturated heterocycles. The lowest BCUT2D eigenvalue weighted by atomic mass is 10.3. The van der Waals surface area contributed by atoms with Crippen molar-refractivity contribution >= 4 is 0 Å². The molecule has 18 heavy (non-hydrogen) atoms. The Balaban J connectivity index is 1.55. The molecule has 1 aromatic heterocycles. The topological polar surface area (TPSA) is 50.3 Å². The first-order valence-corrected chi connectivity index (χ1v) is 6.64. The maximum atomic E-state index is 5.32. The van der Waals surface area contributed by atoms with E-state index in [2.05, 4.69) is 20.2 Å². The lowest BCUT2D eigenvalue weighted by Crippen LogP contribution is -2.37. The smallest absolute Gasteiger partial charge is 0.125 e. The van der Waals surface area contributed by atoms with Crippen LogP contribution in [0.3, 0.4) is 0 Å². The summed E-state index contributed by atoms with van der Waals surface area (Å²) in [4.78, 5) is 10.9. The summed E-state index contributed by atoms with van der Waals surface area (Å²) in [6.45, 7) is 8.84. The van der Waals surface area contributed by atoms with Gasteiger partial charge in [-0.3, -0.25) is 4.90 Å². The average molecular weight is 250 g/mol. The second-order valence-electron chi connectivity index (χ2n) is 4.58. The minimum Gasteiger partial charge on any atom is -0.379 e. The molecule has 0 radical (unpaired) electrons. The second-order valence-corrected chi connectivity index (χ2v) is 4.58. The van der Waals surface area contributed by atoms with Crippen LogP contribution in [-0.2, 0) is 11.3 Å². The van der Waals surface area contributed by atoms with Gasteiger partial charge in [-0.2, -0.15) is 0 Å². The highest BCUT2D eigenvalue weighted by Crippen LogP contribution is 1.98. The van der Waals surface area contributed by atoms with Crippen molar-refractivity contribution in [1.29, 1.82) is 0 Å². The Bertz CT molecular complexity index is 353. The molecule has 5 heteroatoms. The van der Waals surface area contributed by atoms with Crippen LogP contribution in [0.2, 0.25) is 0 Å². The highest BCUT2D eigenvalue weighted by molar-refractivity contribution is 5.00. The van der Waals surface area contributed by atoms with E-state index in [-0.39, 0.29) is 0 Å². The molecule has 0 saturated carbocycles. The van der Waals surface area contributed by atoms with E-state index in [1.54, 1.807) is 0 Å². The number of nitrogens with zero attached hydrogens (tertiary/aromatic N) is 3. The van der Waals surface area contributed by atoms with Gasteiger partial charge in [-0.1, -0.05) is 0 Å². The molecular formula is C13H22N4O. The zero-order valence-electron chi connectivity index (χ0n) is 11.1. The fourth-order valence-electron chi connectivity index (χ4n) is 2.07. The fraction of sp³-hybridized carbons (Fsp3) is 0.692. The van der Waals surface area contributed by atoms with Gasteiger partial charge in [-0.15, -0.1) is 0 Å². The molecule has 2 heterocycles. The van der Waals surface area contributed by atoms with Crippen molar-refractivity contribution in [1.82, 2.24) is 20.2 Å². The van der Waals surface area contributed by atoms with Gasteiger partial charge in [0.25, 0.3) is 0 Å². The number of ether oxygens (including phenoxy) is 1. The molecular weight excluding hydrogens is 228 g/mol. The summed E-state index contributed by atoms with van der Waals surface area (Å²) in [7, 11) is 0. The average Bonchev–Trinajstić information content (AvgIpc) is 2.40. The van der Waals surface area contributed by atoms with Crippen molar-refractivity contribution in [3.8, 4) is 0 Å². The summed E-state index contributed by atoms with van der Waals surface area (Å²) in [5, 5.41) is 3.42. The number of rotatable bonds is 6. The van der Waals surface area contributed by atoms with Crippen LogP contribution < -0.4 is 5.32 Å². The van der Waals surface area contributed by atoms with E-state index in [1.807, 2.05) is 19.2 Å². The lowest BCUT2D eigenvalue weighted by Gasteiger charge is -2.26. The van der Waals surface area contributed by atoms with E-state index in [0.29, 0.717) is 0 Å². The fourth-order valence-corrected chi connectivity index (χ4v) is 2.07. The maximum Gasteiger partial charge on any atom is 0.125 e. The lowest BCUT2D eigenvalue weighted by molar-refractivity contribution is 0.0374. The first-order valence-electron chi connectivity index (χ1n) is 6.64. The van der Waals surface area contributed by atoms with Gasteiger partial charge in [0.05, 0.1) is 18.9 Å². The number of aryl methyl sites for hydroxylation is 1. The quantitative estimate of drug-likeness (QED) is 0.749. The normalized spacial score (nSPS) is 16.9. The van der Waals surface area contributed by atoms with Crippen LogP contribution in [0.15, 0.2) is 12.3 Å². The van der Waals surface area contributed by atoms with Crippen LogP contribution in [0.4, 0.5) is 0 Å². The van der Waals surface area contributed by atoms with Crippen molar-refractivity contribution in [3.63, 3.8) is 0 Å². The Morgan fingerprint density at radius 1 is 1.39 bits per heavy atom. The summed E-state index contributed by atoms with van der Waals surface area (Å²) in [5.74, 6) is 0.836. The van der Waals surface area contributed by atoms with Gasteiger partial charge in [-0.25, -0.2) is 9.97 Å². The van der Waals surface area contributed by atoms with Gasteiger partial charge in [-0.05, 0) is 32.5 Å². The summed E-state index contributed by atoms with van der Waals surface area (Å²) >= 11 is 0. The third-order valence-electron chi connectivity index (χ3n) is 3.07. The molecule has 0 bridgehead atoms. The molecule has 0 aromatic carbocycles. The highest BCUT2D eigenvalue weighted by Gasteiger charge is 2.08. The Labute approximate surface area is 109 Å². The van der Waals surface area contributed by atoms with Crippen LogP contribution >= 0.6 is 0 Å². The largest absolute Gasteiger partial charge is 0.379 e. The van der Waals surface area contributed by atoms with Crippen LogP contribution in [-0.4, -0.2) is 54.3 Å². The first kappa shape index (κ1) is 13.4. The second kappa shape index (κ2) is 7.41. The molecule has 0 unspecified atom stereocenters. The van der Waals surface area contributed by atoms with Crippen molar-refractivity contribution < 1.29 is 4.74 Å². The maximum absolute atomic E-state index is 5.32. The number of morpholine rings is 1. The molecule has 2 rings (SSSR count). The van der Waals surface area contributed by atoms with Crippen molar-refractivity contribution in [2.45, 2.75) is 19.9 Å². The summed E-state index contributed by atoms with van der Waals surface area (Å²) in [6, 6.07) is 1.96. The SMILES string of the molecule is Cc1nccc(CNCCCN2CCOCC2)n1. The van der Waals surface area contributed by atoms with Crippen molar-refractivity contribution in [2.24, 2.45) is 0 Å². The van der Waals surface area contributed by atoms with Gasteiger partial charge < -0.3 is 10.1 Å². The molecule has 0 spiro atoms. The monoisotopic (exact) mass is 250 g/mol. The molecule has 100 valence electrons. The third-order valence-corrected chi connectivity index (χ3v) is 3.07. The molecule has 0 atom stereocenters. The summed E-state index contributed by atoms with van der Waals surface area (Å²) in [6.07, 6.45) is 2.98. The molecule has 1 aromatic rings. The Kier molecular flexibility index (Phi) is 5.51. The van der Waals surface area contributed by atoms with Crippen LogP contribution in [0, 0.1) is 6.92 Å². The van der Waals surface area contributed by atoms with Crippen LogP contribution in [0.5, 0.6) is 0 Å². The third kappa shape index (κ3) is 4.68. The van der Waals surface area contributed by atoms with E-state index < -0.39 is 0 Å². The van der Waals surface area contributed by atoms with Crippen LogP contribution in [0.1, 0.15) is 17.9 Å². The predicted molar refractivity (Wildman–Crippen MR) is 70.4 cm³/mol. The van der Waals surface area contributed by atoms with Crippen molar-refractivity contribution in [3.05, 3.63) is 23.8 Å². The van der Waals surface area contributed by atoms with Gasteiger partial charge in [0, 0.05) is 25.8 Å². The van der Waals surface area contributed by atoms with Crippen molar-refractivity contribution in [2.75, 3.05) is 39.4 Å². The molecule has 1 aliphatic heterocycles. The minimum atomic E-state index is 0.826. The number of hydrogen-bond acceptors (Lipinski definition) is 5. The van der Waals surface area contributed by atoms with E-state index in [0.717, 1.165) is 57.5 Å². The molecule has 1 aliphatic rings. The Hall–Kier alpha value is -1.04. The van der Waals surface area contributed by atoms with E-state index in [4.69, 9.17) is 4.74 Å². The summed E-state index contributed by atoms with van der Waals surface area (Å²) in [5.41, 5.74) is 1.06. The first-order chi connectivity index (χ1) is 8.84. The molecule has 1 N–H and O–H groups in total. The molecule has 1 fully saturated rings.